The molecule has 1 unspecified atom stereocenters. The van der Waals surface area contributed by atoms with Gasteiger partial charge in [0.2, 0.25) is 5.79 Å². The Kier molecular flexibility index (Phi) is 11.5. The molecule has 0 aromatic carbocycles. The highest BCUT2D eigenvalue weighted by Gasteiger charge is 2.29. The van der Waals surface area contributed by atoms with Crippen LogP contribution in [0.15, 0.2) is 11.6 Å². The van der Waals surface area contributed by atoms with E-state index in [0.29, 0.717) is 6.42 Å². The molecule has 136 valence electrons. The van der Waals surface area contributed by atoms with Gasteiger partial charge in [0, 0.05) is 12.8 Å². The fourth-order valence-corrected chi connectivity index (χ4v) is 2.70. The van der Waals surface area contributed by atoms with E-state index >= 15 is 0 Å². The van der Waals surface area contributed by atoms with E-state index in [0.717, 1.165) is 18.3 Å². The second-order valence-corrected chi connectivity index (χ2v) is 7.50. The summed E-state index contributed by atoms with van der Waals surface area (Å²) in [5, 5.41) is 18.9. The Bertz CT molecular complexity index is 356. The van der Waals surface area contributed by atoms with Gasteiger partial charge in [-0.1, -0.05) is 65.0 Å². The van der Waals surface area contributed by atoms with E-state index < -0.39 is 11.6 Å². The second kappa shape index (κ2) is 11.8. The number of rotatable bonds is 13. The van der Waals surface area contributed by atoms with Crippen LogP contribution in [0.2, 0.25) is 0 Å². The zero-order valence-electron chi connectivity index (χ0n) is 15.9. The van der Waals surface area contributed by atoms with Crippen LogP contribution in [0.1, 0.15) is 92.4 Å². The molecule has 3 nitrogen and oxygen atoms in total. The van der Waals surface area contributed by atoms with Crippen LogP contribution < -0.4 is 0 Å². The summed E-state index contributed by atoms with van der Waals surface area (Å²) in [4.78, 5) is 11.6. The lowest BCUT2D eigenvalue weighted by Gasteiger charge is -2.17. The number of allylic oxidation sites excluding steroid dienone is 2. The van der Waals surface area contributed by atoms with Gasteiger partial charge in [0.15, 0.2) is 5.78 Å². The van der Waals surface area contributed by atoms with Gasteiger partial charge in [-0.15, -0.1) is 0 Å². The molecule has 0 spiro atoms. The lowest BCUT2D eigenvalue weighted by atomic mass is 9.94. The van der Waals surface area contributed by atoms with Crippen LogP contribution in [0.4, 0.5) is 0 Å². The van der Waals surface area contributed by atoms with E-state index in [1.54, 1.807) is 6.92 Å². The number of hydrogen-bond donors (Lipinski definition) is 2. The van der Waals surface area contributed by atoms with E-state index in [1.165, 1.54) is 37.7 Å². The van der Waals surface area contributed by atoms with Gasteiger partial charge in [0.25, 0.3) is 0 Å². The monoisotopic (exact) mass is 326 g/mol. The van der Waals surface area contributed by atoms with Crippen molar-refractivity contribution in [1.82, 2.24) is 0 Å². The Hall–Kier alpha value is -0.670. The molecule has 0 aliphatic rings. The average molecular weight is 327 g/mol. The standard InChI is InChI=1S/C20H38O3/c1-6-20(22,23)19(21)15-9-14-18(5)13-8-12-17(4)11-7-10-16(2)3/h14,16-17,22-23H,6-13,15H2,1-5H3. The maximum Gasteiger partial charge on any atom is 0.223 e. The summed E-state index contributed by atoms with van der Waals surface area (Å²) in [5.74, 6) is -1.04. The van der Waals surface area contributed by atoms with Crippen LogP contribution >= 0.6 is 0 Å². The van der Waals surface area contributed by atoms with E-state index in [1.807, 2.05) is 0 Å². The molecule has 0 fully saturated rings. The molecule has 0 saturated heterocycles. The third kappa shape index (κ3) is 11.5. The van der Waals surface area contributed by atoms with Gasteiger partial charge in [-0.3, -0.25) is 4.79 Å². The zero-order chi connectivity index (χ0) is 17.9. The van der Waals surface area contributed by atoms with Crippen molar-refractivity contribution >= 4 is 5.78 Å². The van der Waals surface area contributed by atoms with Gasteiger partial charge in [0.1, 0.15) is 0 Å². The van der Waals surface area contributed by atoms with Gasteiger partial charge in [-0.2, -0.15) is 0 Å². The van der Waals surface area contributed by atoms with E-state index in [9.17, 15) is 15.0 Å². The molecular formula is C20H38O3. The highest BCUT2D eigenvalue weighted by atomic mass is 16.5. The summed E-state index contributed by atoms with van der Waals surface area (Å²) >= 11 is 0. The molecule has 2 N–H and O–H groups in total. The van der Waals surface area contributed by atoms with Crippen LogP contribution in [0, 0.1) is 11.8 Å². The molecule has 0 rings (SSSR count). The first-order valence-electron chi connectivity index (χ1n) is 9.32. The minimum Gasteiger partial charge on any atom is -0.360 e. The van der Waals surface area contributed by atoms with Crippen LogP contribution in [0.25, 0.3) is 0 Å². The molecule has 0 aliphatic carbocycles. The first-order chi connectivity index (χ1) is 10.7. The quantitative estimate of drug-likeness (QED) is 0.369. The number of carbonyl (C=O) groups is 1. The van der Waals surface area contributed by atoms with Crippen molar-refractivity contribution in [3.05, 3.63) is 11.6 Å². The van der Waals surface area contributed by atoms with Crippen molar-refractivity contribution in [1.29, 1.82) is 0 Å². The van der Waals surface area contributed by atoms with Crippen molar-refractivity contribution in [2.24, 2.45) is 11.8 Å². The fraction of sp³-hybridized carbons (Fsp3) is 0.850. The normalized spacial score (nSPS) is 14.3. The second-order valence-electron chi connectivity index (χ2n) is 7.50. The van der Waals surface area contributed by atoms with Crippen molar-refractivity contribution < 1.29 is 15.0 Å². The molecule has 0 radical (unpaired) electrons. The van der Waals surface area contributed by atoms with E-state index in [4.69, 9.17) is 0 Å². The fourth-order valence-electron chi connectivity index (χ4n) is 2.70. The molecule has 0 aromatic heterocycles. The summed E-state index contributed by atoms with van der Waals surface area (Å²) in [7, 11) is 0. The van der Waals surface area contributed by atoms with Gasteiger partial charge in [-0.25, -0.2) is 0 Å². The molecule has 0 heterocycles. The lowest BCUT2D eigenvalue weighted by Crippen LogP contribution is -2.37. The van der Waals surface area contributed by atoms with Gasteiger partial charge < -0.3 is 10.2 Å². The smallest absolute Gasteiger partial charge is 0.223 e. The number of ketones is 1. The maximum absolute atomic E-state index is 11.6. The Morgan fingerprint density at radius 3 is 2.22 bits per heavy atom. The summed E-state index contributed by atoms with van der Waals surface area (Å²) in [6.45, 7) is 10.6. The Morgan fingerprint density at radius 1 is 1.04 bits per heavy atom. The molecule has 0 aromatic rings. The van der Waals surface area contributed by atoms with Gasteiger partial charge in [0.05, 0.1) is 0 Å². The minimum absolute atomic E-state index is 0.0449. The summed E-state index contributed by atoms with van der Waals surface area (Å²) in [5.41, 5.74) is 1.30. The highest BCUT2D eigenvalue weighted by Crippen LogP contribution is 2.19. The molecule has 23 heavy (non-hydrogen) atoms. The number of carbonyl (C=O) groups excluding carboxylic acids is 1. The Labute approximate surface area is 143 Å². The average Bonchev–Trinajstić information content (AvgIpc) is 2.46. The molecule has 0 saturated carbocycles. The maximum atomic E-state index is 11.6. The third-order valence-corrected chi connectivity index (χ3v) is 4.55. The summed E-state index contributed by atoms with van der Waals surface area (Å²) in [6.07, 6.45) is 10.4. The van der Waals surface area contributed by atoms with E-state index in [-0.39, 0.29) is 12.8 Å². The van der Waals surface area contributed by atoms with E-state index in [2.05, 4.69) is 33.8 Å². The van der Waals surface area contributed by atoms with Crippen molar-refractivity contribution in [2.75, 3.05) is 0 Å². The summed E-state index contributed by atoms with van der Waals surface area (Å²) in [6, 6.07) is 0. The van der Waals surface area contributed by atoms with Gasteiger partial charge >= 0.3 is 0 Å². The molecule has 0 amide bonds. The topological polar surface area (TPSA) is 57.5 Å². The minimum atomic E-state index is -2.15. The van der Waals surface area contributed by atoms with Crippen molar-refractivity contribution in [2.45, 2.75) is 98.2 Å². The first kappa shape index (κ1) is 22.3. The lowest BCUT2D eigenvalue weighted by molar-refractivity contribution is -0.183. The van der Waals surface area contributed by atoms with Crippen LogP contribution in [0.5, 0.6) is 0 Å². The predicted octanol–water partition coefficient (Wildman–Crippen LogP) is 5.01. The number of hydrogen-bond acceptors (Lipinski definition) is 3. The predicted molar refractivity (Wildman–Crippen MR) is 97.2 cm³/mol. The highest BCUT2D eigenvalue weighted by molar-refractivity contribution is 5.85. The Morgan fingerprint density at radius 2 is 1.65 bits per heavy atom. The van der Waals surface area contributed by atoms with Gasteiger partial charge in [-0.05, 0) is 38.0 Å². The molecule has 3 heteroatoms. The number of Topliss-reactive ketones (excluding diaryl/α,β-unsaturated/α-hetero) is 1. The summed E-state index contributed by atoms with van der Waals surface area (Å²) < 4.78 is 0. The molecular weight excluding hydrogens is 288 g/mol. The van der Waals surface area contributed by atoms with Crippen LogP contribution in [-0.2, 0) is 4.79 Å². The molecule has 0 aliphatic heterocycles. The van der Waals surface area contributed by atoms with Crippen LogP contribution in [-0.4, -0.2) is 21.8 Å². The SMILES string of the molecule is CCC(O)(O)C(=O)CCC=C(C)CCCC(C)CCCC(C)C. The van der Waals surface area contributed by atoms with Crippen molar-refractivity contribution in [3.63, 3.8) is 0 Å². The van der Waals surface area contributed by atoms with Crippen LogP contribution in [0.3, 0.4) is 0 Å². The largest absolute Gasteiger partial charge is 0.360 e. The van der Waals surface area contributed by atoms with Crippen molar-refractivity contribution in [3.8, 4) is 0 Å². The molecule has 0 bridgehead atoms. The number of aliphatic hydroxyl groups is 2. The first-order valence-corrected chi connectivity index (χ1v) is 9.32. The Balaban J connectivity index is 3.85. The zero-order valence-corrected chi connectivity index (χ0v) is 15.9. The third-order valence-electron chi connectivity index (χ3n) is 4.55. The molecule has 1 atom stereocenters.